The van der Waals surface area contributed by atoms with Crippen molar-refractivity contribution in [2.24, 2.45) is 0 Å². The molecule has 0 spiro atoms. The van der Waals surface area contributed by atoms with Crippen LogP contribution in [0.15, 0.2) is 146 Å². The van der Waals surface area contributed by atoms with Gasteiger partial charge in [0.25, 0.3) is 0 Å². The monoisotopic (exact) mass is 608 g/mol. The zero-order valence-corrected chi connectivity index (χ0v) is 25.7. The maximum absolute atomic E-state index is 5.05. The molecule has 0 unspecified atom stereocenters. The summed E-state index contributed by atoms with van der Waals surface area (Å²) in [5, 5.41) is 8.81. The maximum Gasteiger partial charge on any atom is 0.124 e. The Hall–Kier alpha value is -5.29. The molecule has 0 aliphatic heterocycles. The van der Waals surface area contributed by atoms with Crippen LogP contribution in [0, 0.1) is 0 Å². The molecule has 45 heavy (non-hydrogen) atoms. The number of thiophene rings is 1. The summed E-state index contributed by atoms with van der Waals surface area (Å²) in [7, 11) is 0. The van der Waals surface area contributed by atoms with Gasteiger partial charge in [0.1, 0.15) is 5.01 Å². The summed E-state index contributed by atoms with van der Waals surface area (Å²) in [6, 6.07) is 52.9. The third kappa shape index (κ3) is 3.83. The first-order chi connectivity index (χ1) is 22.3. The van der Waals surface area contributed by atoms with Gasteiger partial charge in [-0.1, -0.05) is 97.1 Å². The summed E-state index contributed by atoms with van der Waals surface area (Å²) in [4.78, 5) is 5.05. The number of hydrogen-bond acceptors (Lipinski definition) is 3. The van der Waals surface area contributed by atoms with E-state index < -0.39 is 0 Å². The van der Waals surface area contributed by atoms with Gasteiger partial charge in [-0.3, -0.25) is 0 Å². The van der Waals surface area contributed by atoms with Gasteiger partial charge in [0, 0.05) is 42.2 Å². The molecule has 210 valence electrons. The van der Waals surface area contributed by atoms with E-state index in [2.05, 4.69) is 150 Å². The Morgan fingerprint density at radius 3 is 1.96 bits per heavy atom. The smallest absolute Gasteiger partial charge is 0.124 e. The van der Waals surface area contributed by atoms with Crippen molar-refractivity contribution in [1.82, 2.24) is 9.55 Å². The lowest BCUT2D eigenvalue weighted by molar-refractivity contribution is 1.18. The quantitative estimate of drug-likeness (QED) is 0.195. The minimum atomic E-state index is 1.06. The highest BCUT2D eigenvalue weighted by molar-refractivity contribution is 7.28. The summed E-state index contributed by atoms with van der Waals surface area (Å²) < 4.78 is 6.33. The van der Waals surface area contributed by atoms with Crippen LogP contribution in [0.2, 0.25) is 0 Å². The summed E-state index contributed by atoms with van der Waals surface area (Å²) in [6.07, 6.45) is 0. The lowest BCUT2D eigenvalue weighted by Crippen LogP contribution is -1.93. The Morgan fingerprint density at radius 1 is 0.467 bits per heavy atom. The highest BCUT2D eigenvalue weighted by atomic mass is 32.1. The van der Waals surface area contributed by atoms with Gasteiger partial charge in [-0.25, -0.2) is 4.98 Å². The molecule has 0 bridgehead atoms. The zero-order chi connectivity index (χ0) is 29.5. The Morgan fingerprint density at radius 2 is 1.13 bits per heavy atom. The Kier molecular flexibility index (Phi) is 5.35. The van der Waals surface area contributed by atoms with Crippen LogP contribution in [0.25, 0.3) is 90.4 Å². The second-order valence-electron chi connectivity index (χ2n) is 11.6. The fraction of sp³-hybridized carbons (Fsp3) is 0. The van der Waals surface area contributed by atoms with E-state index in [1.165, 1.54) is 74.3 Å². The van der Waals surface area contributed by atoms with E-state index in [1.807, 2.05) is 11.3 Å². The number of hydrogen-bond donors (Lipinski definition) is 0. The first kappa shape index (κ1) is 25.1. The number of rotatable bonds is 3. The van der Waals surface area contributed by atoms with Crippen LogP contribution in [0.4, 0.5) is 0 Å². The molecule has 10 rings (SSSR count). The number of para-hydroxylation sites is 1. The maximum atomic E-state index is 5.05. The van der Waals surface area contributed by atoms with Crippen LogP contribution in [0.3, 0.4) is 0 Å². The van der Waals surface area contributed by atoms with Gasteiger partial charge in [0.05, 0.1) is 21.3 Å². The fourth-order valence-electron chi connectivity index (χ4n) is 6.86. The first-order valence-corrected chi connectivity index (χ1v) is 16.8. The van der Waals surface area contributed by atoms with E-state index in [4.69, 9.17) is 4.98 Å². The largest absolute Gasteiger partial charge is 0.309 e. The van der Waals surface area contributed by atoms with Crippen LogP contribution in [-0.4, -0.2) is 9.55 Å². The fourth-order valence-corrected chi connectivity index (χ4v) is 9.17. The van der Waals surface area contributed by atoms with E-state index >= 15 is 0 Å². The Bertz CT molecular complexity index is 2740. The van der Waals surface area contributed by atoms with Crippen molar-refractivity contribution in [2.45, 2.75) is 0 Å². The van der Waals surface area contributed by atoms with Crippen molar-refractivity contribution in [2.75, 3.05) is 0 Å². The summed E-state index contributed by atoms with van der Waals surface area (Å²) in [5.41, 5.74) is 8.25. The average Bonchev–Trinajstić information content (AvgIpc) is 3.79. The molecule has 3 aromatic heterocycles. The van der Waals surface area contributed by atoms with Crippen molar-refractivity contribution in [1.29, 1.82) is 0 Å². The van der Waals surface area contributed by atoms with Crippen molar-refractivity contribution < 1.29 is 0 Å². The van der Waals surface area contributed by atoms with Crippen LogP contribution < -0.4 is 0 Å². The van der Waals surface area contributed by atoms with Gasteiger partial charge >= 0.3 is 0 Å². The highest BCUT2D eigenvalue weighted by Gasteiger charge is 2.15. The van der Waals surface area contributed by atoms with Gasteiger partial charge in [0.15, 0.2) is 0 Å². The predicted molar refractivity (Wildman–Crippen MR) is 195 cm³/mol. The van der Waals surface area contributed by atoms with Gasteiger partial charge < -0.3 is 4.57 Å². The van der Waals surface area contributed by atoms with Crippen LogP contribution in [0.5, 0.6) is 0 Å². The molecule has 0 atom stereocenters. The number of benzene rings is 7. The standard InChI is InChI=1S/C41H24N2S2/c1-2-8-29-24-36-33(23-28(29)7-1)31-9-3-5-11-35(31)43(36)30-19-17-26(18-20-30)25-13-15-27(16-14-25)41-42-34-21-22-38-39(40(34)45-41)32-10-4-6-12-37(32)44-38/h1-24H. The van der Waals surface area contributed by atoms with Gasteiger partial charge in [0.2, 0.25) is 0 Å². The van der Waals surface area contributed by atoms with Crippen molar-refractivity contribution in [3.63, 3.8) is 0 Å². The zero-order valence-electron chi connectivity index (χ0n) is 24.1. The molecule has 0 aliphatic carbocycles. The van der Waals surface area contributed by atoms with E-state index in [0.717, 1.165) is 16.1 Å². The van der Waals surface area contributed by atoms with Crippen molar-refractivity contribution in [3.05, 3.63) is 146 Å². The number of nitrogens with zero attached hydrogens (tertiary/aromatic N) is 2. The number of fused-ring (bicyclic) bond motifs is 9. The van der Waals surface area contributed by atoms with Crippen LogP contribution in [-0.2, 0) is 0 Å². The SMILES string of the molecule is c1ccc2cc3c(cc2c1)c1ccccc1n3-c1ccc(-c2ccc(-c3nc4ccc5sc6ccccc6c5c4s3)cc2)cc1. The van der Waals surface area contributed by atoms with Crippen molar-refractivity contribution >= 4 is 85.6 Å². The Balaban J connectivity index is 1.02. The van der Waals surface area contributed by atoms with E-state index in [0.29, 0.717) is 0 Å². The first-order valence-electron chi connectivity index (χ1n) is 15.1. The lowest BCUT2D eigenvalue weighted by Gasteiger charge is -2.10. The normalized spacial score (nSPS) is 12.0. The molecule has 0 saturated heterocycles. The third-order valence-electron chi connectivity index (χ3n) is 9.03. The van der Waals surface area contributed by atoms with E-state index in [-0.39, 0.29) is 0 Å². The molecular formula is C41H24N2S2. The van der Waals surface area contributed by atoms with Crippen LogP contribution >= 0.6 is 22.7 Å². The second-order valence-corrected chi connectivity index (χ2v) is 13.7. The minimum absolute atomic E-state index is 1.06. The number of thiazole rings is 1. The molecule has 0 fully saturated rings. The van der Waals surface area contributed by atoms with Crippen molar-refractivity contribution in [3.8, 4) is 27.4 Å². The molecule has 4 heteroatoms. The topological polar surface area (TPSA) is 17.8 Å². The lowest BCUT2D eigenvalue weighted by atomic mass is 10.0. The molecule has 10 aromatic rings. The molecule has 3 heterocycles. The van der Waals surface area contributed by atoms with E-state index in [9.17, 15) is 0 Å². The molecule has 0 N–H and O–H groups in total. The predicted octanol–water partition coefficient (Wildman–Crippen LogP) is 12.2. The molecule has 0 radical (unpaired) electrons. The van der Waals surface area contributed by atoms with Gasteiger partial charge in [-0.2, -0.15) is 0 Å². The van der Waals surface area contributed by atoms with E-state index in [1.54, 1.807) is 11.3 Å². The third-order valence-corrected chi connectivity index (χ3v) is 11.3. The average molecular weight is 609 g/mol. The minimum Gasteiger partial charge on any atom is -0.309 e. The summed E-state index contributed by atoms with van der Waals surface area (Å²) in [5.74, 6) is 0. The number of aromatic nitrogens is 2. The summed E-state index contributed by atoms with van der Waals surface area (Å²) in [6.45, 7) is 0. The molecule has 0 aliphatic rings. The highest BCUT2D eigenvalue weighted by Crippen LogP contribution is 2.42. The molecule has 0 amide bonds. The second kappa shape index (κ2) is 9.60. The molecule has 2 nitrogen and oxygen atoms in total. The Labute approximate surface area is 267 Å². The van der Waals surface area contributed by atoms with Gasteiger partial charge in [-0.15, -0.1) is 22.7 Å². The van der Waals surface area contributed by atoms with Gasteiger partial charge in [-0.05, 0) is 70.4 Å². The molecular weight excluding hydrogens is 585 g/mol. The van der Waals surface area contributed by atoms with Crippen LogP contribution in [0.1, 0.15) is 0 Å². The molecule has 0 saturated carbocycles. The summed E-state index contributed by atoms with van der Waals surface area (Å²) >= 11 is 3.66. The molecule has 7 aromatic carbocycles.